The summed E-state index contributed by atoms with van der Waals surface area (Å²) < 4.78 is 53.7. The summed E-state index contributed by atoms with van der Waals surface area (Å²) in [4.78, 5) is 6.96. The predicted octanol–water partition coefficient (Wildman–Crippen LogP) is 4.72. The molecule has 0 unspecified atom stereocenters. The van der Waals surface area contributed by atoms with Crippen LogP contribution >= 0.6 is 0 Å². The van der Waals surface area contributed by atoms with Crippen LogP contribution in [0.15, 0.2) is 70.6 Å². The highest BCUT2D eigenvalue weighted by molar-refractivity contribution is 7.89. The number of hydrogen-bond acceptors (Lipinski definition) is 6. The lowest BCUT2D eigenvalue weighted by Gasteiger charge is -2.40. The van der Waals surface area contributed by atoms with Crippen LogP contribution in [-0.4, -0.2) is 56.2 Å². The molecular formula is C26H26FN3O4S. The predicted molar refractivity (Wildman–Crippen MR) is 132 cm³/mol. The van der Waals surface area contributed by atoms with E-state index in [0.717, 1.165) is 11.6 Å². The molecule has 0 radical (unpaired) electrons. The Morgan fingerprint density at radius 1 is 1.06 bits per heavy atom. The van der Waals surface area contributed by atoms with Crippen molar-refractivity contribution in [3.05, 3.63) is 77.6 Å². The van der Waals surface area contributed by atoms with E-state index in [0.29, 0.717) is 47.4 Å². The van der Waals surface area contributed by atoms with Gasteiger partial charge in [-0.2, -0.15) is 4.31 Å². The highest BCUT2D eigenvalue weighted by Gasteiger charge is 2.36. The number of benzene rings is 3. The highest BCUT2D eigenvalue weighted by atomic mass is 32.2. The first-order chi connectivity index (χ1) is 16.8. The molecule has 3 aromatic rings. The summed E-state index contributed by atoms with van der Waals surface area (Å²) >= 11 is 0. The molecule has 2 aliphatic heterocycles. The second-order valence-electron chi connectivity index (χ2n) is 8.69. The number of rotatable bonds is 3. The molecule has 0 spiro atoms. The highest BCUT2D eigenvalue weighted by Crippen LogP contribution is 2.40. The monoisotopic (exact) mass is 495 g/mol. The molecule has 1 saturated heterocycles. The number of piperazine rings is 1. The summed E-state index contributed by atoms with van der Waals surface area (Å²) in [6.45, 7) is 4.54. The summed E-state index contributed by atoms with van der Waals surface area (Å²) in [5.41, 5.74) is 1.90. The van der Waals surface area contributed by atoms with Gasteiger partial charge in [-0.15, -0.1) is 0 Å². The van der Waals surface area contributed by atoms with Crippen LogP contribution in [0.3, 0.4) is 0 Å². The van der Waals surface area contributed by atoms with Crippen LogP contribution in [0.5, 0.6) is 17.2 Å². The molecule has 2 aliphatic rings. The van der Waals surface area contributed by atoms with E-state index in [1.54, 1.807) is 14.0 Å². The Morgan fingerprint density at radius 2 is 1.86 bits per heavy atom. The van der Waals surface area contributed by atoms with Crippen molar-refractivity contribution in [2.45, 2.75) is 24.8 Å². The summed E-state index contributed by atoms with van der Waals surface area (Å²) in [5.74, 6) is 2.09. The van der Waals surface area contributed by atoms with Crippen molar-refractivity contribution < 1.29 is 22.3 Å². The van der Waals surface area contributed by atoms with Gasteiger partial charge in [0.05, 0.1) is 17.6 Å². The number of hydrogen-bond donors (Lipinski definition) is 0. The maximum atomic E-state index is 14.1. The fourth-order valence-electron chi connectivity index (χ4n) is 4.43. The number of para-hydroxylation sites is 2. The number of amidine groups is 1. The van der Waals surface area contributed by atoms with Gasteiger partial charge in [-0.25, -0.2) is 17.8 Å². The molecular weight excluding hydrogens is 469 g/mol. The number of ether oxygens (including phenoxy) is 2. The maximum Gasteiger partial charge on any atom is 0.243 e. The lowest BCUT2D eigenvalue weighted by Crippen LogP contribution is -2.55. The summed E-state index contributed by atoms with van der Waals surface area (Å²) in [6, 6.07) is 16.8. The Morgan fingerprint density at radius 3 is 2.60 bits per heavy atom. The van der Waals surface area contributed by atoms with Gasteiger partial charge in [0.15, 0.2) is 5.75 Å². The minimum Gasteiger partial charge on any atom is -0.497 e. The smallest absolute Gasteiger partial charge is 0.243 e. The van der Waals surface area contributed by atoms with E-state index in [9.17, 15) is 12.8 Å². The van der Waals surface area contributed by atoms with Gasteiger partial charge in [0, 0.05) is 31.7 Å². The lowest BCUT2D eigenvalue weighted by atomic mass is 10.1. The molecule has 2 heterocycles. The molecule has 0 bridgehead atoms. The zero-order chi connectivity index (χ0) is 24.7. The molecule has 5 rings (SSSR count). The van der Waals surface area contributed by atoms with Gasteiger partial charge in [0.2, 0.25) is 10.0 Å². The van der Waals surface area contributed by atoms with Crippen LogP contribution in [0.25, 0.3) is 0 Å². The SMILES string of the molecule is COc1ccc2c(c1)Oc1ccccc1N=C2N1CCN(S(=O)(=O)c2ccc(C)c(F)c2)[C@H](C)C1. The second-order valence-corrected chi connectivity index (χ2v) is 10.6. The molecule has 1 atom stereocenters. The lowest BCUT2D eigenvalue weighted by molar-refractivity contribution is 0.205. The van der Waals surface area contributed by atoms with Gasteiger partial charge in [0.1, 0.15) is 28.8 Å². The molecule has 35 heavy (non-hydrogen) atoms. The van der Waals surface area contributed by atoms with Crippen LogP contribution < -0.4 is 9.47 Å². The van der Waals surface area contributed by atoms with Crippen LogP contribution in [0, 0.1) is 12.7 Å². The zero-order valence-electron chi connectivity index (χ0n) is 19.7. The molecule has 1 fully saturated rings. The first kappa shape index (κ1) is 23.3. The second kappa shape index (κ2) is 8.98. The van der Waals surface area contributed by atoms with Crippen molar-refractivity contribution in [3.63, 3.8) is 0 Å². The third kappa shape index (κ3) is 4.26. The number of fused-ring (bicyclic) bond motifs is 2. The Hall–Kier alpha value is -3.43. The Kier molecular flexibility index (Phi) is 5.98. The standard InChI is InChI=1S/C26H26FN3O4S/c1-17-8-10-20(15-22(17)27)35(31,32)30-13-12-29(16-18(30)2)26-21-11-9-19(33-3)14-25(21)34-24-7-5-4-6-23(24)28-26/h4-11,14-15,18H,12-13,16H2,1-3H3/t18-/m1/s1. The van der Waals surface area contributed by atoms with E-state index in [1.165, 1.54) is 16.4 Å². The topological polar surface area (TPSA) is 71.4 Å². The van der Waals surface area contributed by atoms with E-state index in [-0.39, 0.29) is 17.5 Å². The largest absolute Gasteiger partial charge is 0.497 e. The van der Waals surface area contributed by atoms with Crippen LogP contribution in [0.1, 0.15) is 18.1 Å². The number of sulfonamides is 1. The Balaban J connectivity index is 1.48. The van der Waals surface area contributed by atoms with Crippen LogP contribution in [0.2, 0.25) is 0 Å². The number of aryl methyl sites for hydroxylation is 1. The molecule has 0 aliphatic carbocycles. The third-order valence-corrected chi connectivity index (χ3v) is 8.37. The molecule has 182 valence electrons. The van der Waals surface area contributed by atoms with Gasteiger partial charge < -0.3 is 14.4 Å². The van der Waals surface area contributed by atoms with E-state index in [1.807, 2.05) is 49.4 Å². The number of nitrogens with zero attached hydrogens (tertiary/aromatic N) is 3. The quantitative estimate of drug-likeness (QED) is 0.526. The minimum absolute atomic E-state index is 0.0347. The summed E-state index contributed by atoms with van der Waals surface area (Å²) in [6.07, 6.45) is 0. The molecule has 7 nitrogen and oxygen atoms in total. The van der Waals surface area contributed by atoms with Crippen molar-refractivity contribution in [2.24, 2.45) is 4.99 Å². The molecule has 3 aromatic carbocycles. The number of aliphatic imine (C=N–C) groups is 1. The van der Waals surface area contributed by atoms with Crippen molar-refractivity contribution in [1.29, 1.82) is 0 Å². The summed E-state index contributed by atoms with van der Waals surface area (Å²) in [7, 11) is -2.24. The van der Waals surface area contributed by atoms with Crippen molar-refractivity contribution in [3.8, 4) is 17.2 Å². The molecule has 9 heteroatoms. The molecule has 0 amide bonds. The van der Waals surface area contributed by atoms with Gasteiger partial charge in [-0.3, -0.25) is 0 Å². The first-order valence-electron chi connectivity index (χ1n) is 11.3. The zero-order valence-corrected chi connectivity index (χ0v) is 20.5. The van der Waals surface area contributed by atoms with Crippen LogP contribution in [0.4, 0.5) is 10.1 Å². The third-order valence-electron chi connectivity index (χ3n) is 6.36. The molecule has 0 aromatic heterocycles. The Labute approximate surface area is 204 Å². The molecule has 0 N–H and O–H groups in total. The van der Waals surface area contributed by atoms with E-state index in [4.69, 9.17) is 14.5 Å². The number of methoxy groups -OCH3 is 1. The van der Waals surface area contributed by atoms with Gasteiger partial charge in [-0.05, 0) is 55.8 Å². The fourth-order valence-corrected chi connectivity index (χ4v) is 6.05. The number of halogens is 1. The van der Waals surface area contributed by atoms with Gasteiger partial charge in [0.25, 0.3) is 0 Å². The first-order valence-corrected chi connectivity index (χ1v) is 12.8. The van der Waals surface area contributed by atoms with Crippen molar-refractivity contribution >= 4 is 21.5 Å². The van der Waals surface area contributed by atoms with E-state index < -0.39 is 15.8 Å². The van der Waals surface area contributed by atoms with Crippen LogP contribution in [-0.2, 0) is 10.0 Å². The average molecular weight is 496 g/mol. The summed E-state index contributed by atoms with van der Waals surface area (Å²) in [5, 5.41) is 0. The minimum atomic E-state index is -3.84. The van der Waals surface area contributed by atoms with Crippen molar-refractivity contribution in [1.82, 2.24) is 9.21 Å². The Bertz CT molecular complexity index is 1420. The normalized spacial score (nSPS) is 18.1. The van der Waals surface area contributed by atoms with E-state index in [2.05, 4.69) is 4.90 Å². The average Bonchev–Trinajstić information content (AvgIpc) is 3.01. The maximum absolute atomic E-state index is 14.1. The van der Waals surface area contributed by atoms with Gasteiger partial charge >= 0.3 is 0 Å². The van der Waals surface area contributed by atoms with Crippen molar-refractivity contribution in [2.75, 3.05) is 26.7 Å². The van der Waals surface area contributed by atoms with E-state index >= 15 is 0 Å². The fraction of sp³-hybridized carbons (Fsp3) is 0.269. The molecule has 0 saturated carbocycles. The van der Waals surface area contributed by atoms with Gasteiger partial charge in [-0.1, -0.05) is 18.2 Å².